The molecule has 0 bridgehead atoms. The van der Waals surface area contributed by atoms with Crippen LogP contribution in [-0.4, -0.2) is 113 Å². The largest absolute Gasteiger partial charge is 0.496 e. The van der Waals surface area contributed by atoms with Gasteiger partial charge in [-0.05, 0) is 63.0 Å². The van der Waals surface area contributed by atoms with Gasteiger partial charge in [-0.3, -0.25) is 14.6 Å². The van der Waals surface area contributed by atoms with Crippen LogP contribution in [0.3, 0.4) is 0 Å². The van der Waals surface area contributed by atoms with Crippen molar-refractivity contribution >= 4 is 28.5 Å². The molecule has 2 aliphatic heterocycles. The number of halogens is 1. The van der Waals surface area contributed by atoms with Crippen molar-refractivity contribution in [2.45, 2.75) is 50.9 Å². The number of fused-ring (bicyclic) bond motifs is 1. The molecule has 2 aliphatic rings. The third kappa shape index (κ3) is 8.12. The number of carboxylic acids is 1. The fourth-order valence-corrected chi connectivity index (χ4v) is 8.19. The van der Waals surface area contributed by atoms with Gasteiger partial charge in [0, 0.05) is 60.3 Å². The summed E-state index contributed by atoms with van der Waals surface area (Å²) in [7, 11) is 6.79. The number of pyridine rings is 2. The van der Waals surface area contributed by atoms with E-state index in [-0.39, 0.29) is 18.4 Å². The van der Waals surface area contributed by atoms with Crippen molar-refractivity contribution in [3.05, 3.63) is 76.9 Å². The van der Waals surface area contributed by atoms with Crippen LogP contribution >= 0.6 is 11.6 Å². The predicted molar refractivity (Wildman–Crippen MR) is 209 cm³/mol. The van der Waals surface area contributed by atoms with Crippen molar-refractivity contribution in [1.82, 2.24) is 29.5 Å². The number of piperidine rings is 1. The van der Waals surface area contributed by atoms with Crippen molar-refractivity contribution in [3.8, 4) is 45.7 Å². The van der Waals surface area contributed by atoms with Crippen LogP contribution in [0, 0.1) is 5.92 Å². The van der Waals surface area contributed by atoms with Crippen LogP contribution in [0.2, 0.25) is 5.02 Å². The van der Waals surface area contributed by atoms with E-state index < -0.39 is 12.1 Å². The van der Waals surface area contributed by atoms with Gasteiger partial charge < -0.3 is 29.2 Å². The molecule has 7 rings (SSSR count). The Morgan fingerprint density at radius 3 is 2.44 bits per heavy atom. The number of aliphatic carboxylic acids is 1. The number of hydrogen-bond acceptors (Lipinski definition) is 11. The molecule has 2 N–H and O–H groups in total. The third-order valence-corrected chi connectivity index (χ3v) is 11.2. The van der Waals surface area contributed by atoms with Crippen LogP contribution in [0.25, 0.3) is 39.1 Å². The Kier molecular flexibility index (Phi) is 11.8. The number of benzene rings is 2. The molecule has 0 spiro atoms. The minimum atomic E-state index is -0.733. The van der Waals surface area contributed by atoms with Gasteiger partial charge in [-0.15, -0.1) is 0 Å². The second-order valence-corrected chi connectivity index (χ2v) is 14.6. The molecule has 5 heterocycles. The second kappa shape index (κ2) is 16.9. The van der Waals surface area contributed by atoms with Crippen molar-refractivity contribution < 1.29 is 34.0 Å². The van der Waals surface area contributed by atoms with E-state index >= 15 is 0 Å². The third-order valence-electron chi connectivity index (χ3n) is 10.8. The lowest BCUT2D eigenvalue weighted by Crippen LogP contribution is -2.47. The smallest absolute Gasteiger partial charge is 0.303 e. The molecule has 2 saturated heterocycles. The number of aromatic nitrogens is 4. The highest BCUT2D eigenvalue weighted by atomic mass is 35.5. The number of carbonyl (C=O) groups is 1. The lowest BCUT2D eigenvalue weighted by molar-refractivity contribution is -0.138. The Bertz CT molecular complexity index is 2130. The van der Waals surface area contributed by atoms with Gasteiger partial charge in [0.25, 0.3) is 0 Å². The topological polar surface area (TPSA) is 145 Å². The molecule has 0 unspecified atom stereocenters. The maximum absolute atomic E-state index is 11.2. The second-order valence-electron chi connectivity index (χ2n) is 14.2. The Labute approximate surface area is 325 Å². The molecular formula is C41H47ClN6O7. The first-order valence-corrected chi connectivity index (χ1v) is 18.9. The Morgan fingerprint density at radius 1 is 0.964 bits per heavy atom. The van der Waals surface area contributed by atoms with Gasteiger partial charge in [0.1, 0.15) is 5.75 Å². The summed E-state index contributed by atoms with van der Waals surface area (Å²) in [5.74, 6) is 1.56. The van der Waals surface area contributed by atoms with Gasteiger partial charge in [0.05, 0.1) is 62.0 Å². The van der Waals surface area contributed by atoms with Crippen LogP contribution < -0.4 is 14.2 Å². The van der Waals surface area contributed by atoms with Gasteiger partial charge in [0.2, 0.25) is 11.8 Å². The van der Waals surface area contributed by atoms with Crippen molar-refractivity contribution in [2.75, 3.05) is 54.7 Å². The number of methoxy groups -OCH3 is 3. The summed E-state index contributed by atoms with van der Waals surface area (Å²) in [4.78, 5) is 25.3. The summed E-state index contributed by atoms with van der Waals surface area (Å²) in [5.41, 5.74) is 5.75. The van der Waals surface area contributed by atoms with Crippen molar-refractivity contribution in [1.29, 1.82) is 0 Å². The van der Waals surface area contributed by atoms with Gasteiger partial charge in [-0.2, -0.15) is 10.1 Å². The molecule has 2 aromatic carbocycles. The summed E-state index contributed by atoms with van der Waals surface area (Å²) in [6.45, 7) is 3.70. The van der Waals surface area contributed by atoms with E-state index in [4.69, 9.17) is 45.6 Å². The molecule has 5 aromatic rings. The number of likely N-dealkylation sites (N-methyl/N-ethyl adjacent to an activating group) is 1. The molecule has 14 heteroatoms. The first-order chi connectivity index (χ1) is 26.7. The van der Waals surface area contributed by atoms with Gasteiger partial charge in [0.15, 0.2) is 5.82 Å². The molecular weight excluding hydrogens is 724 g/mol. The van der Waals surface area contributed by atoms with Crippen molar-refractivity contribution in [3.63, 3.8) is 0 Å². The number of nitrogens with zero attached hydrogens (tertiary/aromatic N) is 6. The van der Waals surface area contributed by atoms with E-state index in [1.807, 2.05) is 67.8 Å². The molecule has 55 heavy (non-hydrogen) atoms. The fourth-order valence-electron chi connectivity index (χ4n) is 7.87. The number of hydrogen-bond donors (Lipinski definition) is 2. The zero-order valence-electron chi connectivity index (χ0n) is 31.6. The van der Waals surface area contributed by atoms with Gasteiger partial charge in [-0.25, -0.2) is 9.67 Å². The molecule has 3 aromatic heterocycles. The van der Waals surface area contributed by atoms with E-state index in [9.17, 15) is 15.0 Å². The molecule has 0 saturated carbocycles. The first kappa shape index (κ1) is 38.5. The van der Waals surface area contributed by atoms with E-state index in [1.165, 1.54) is 0 Å². The lowest BCUT2D eigenvalue weighted by Gasteiger charge is -2.35. The molecule has 13 nitrogen and oxygen atoms in total. The molecule has 0 radical (unpaired) electrons. The van der Waals surface area contributed by atoms with Gasteiger partial charge in [-0.1, -0.05) is 48.0 Å². The van der Waals surface area contributed by atoms with Crippen LogP contribution in [0.5, 0.6) is 17.5 Å². The number of aliphatic hydroxyl groups excluding tert-OH is 1. The predicted octanol–water partition coefficient (Wildman–Crippen LogP) is 6.10. The number of likely N-dealkylation sites (tertiary alicyclic amines) is 1. The molecule has 290 valence electrons. The standard InChI is InChI=1S/C41H47ClN6O7/c1-46(34-15-18-55-24-35(34)49)23-31-36(52-2)20-37(45-41(31)54-4)48-33-10-6-7-27(30(33)21-43-48)28-8-5-9-29(39(28)42)32-12-11-26(40(44-32)53-3)22-47-16-13-25(14-17-47)19-38(50)51/h5-12,20-21,25,34-35,49H,13-19,22-24H2,1-4H3,(H,50,51)/t34-,35+/m1/s1. The maximum Gasteiger partial charge on any atom is 0.303 e. The minimum Gasteiger partial charge on any atom is -0.496 e. The van der Waals surface area contributed by atoms with Gasteiger partial charge >= 0.3 is 5.97 Å². The van der Waals surface area contributed by atoms with E-state index in [1.54, 1.807) is 26.0 Å². The SMILES string of the molecule is COc1cc(-n2ncc3c(-c4cccc(-c5ccc(CN6CCC(CC(=O)O)CC6)c(OC)n5)c4Cl)cccc32)nc(OC)c1CN(C)[C@@H]1CCOC[C@@H]1O. The lowest BCUT2D eigenvalue weighted by atomic mass is 9.93. The molecule has 2 fully saturated rings. The highest BCUT2D eigenvalue weighted by molar-refractivity contribution is 6.36. The Morgan fingerprint density at radius 2 is 1.71 bits per heavy atom. The molecule has 0 aliphatic carbocycles. The van der Waals surface area contributed by atoms with Crippen LogP contribution in [0.15, 0.2) is 60.8 Å². The summed E-state index contributed by atoms with van der Waals surface area (Å²) >= 11 is 7.22. The zero-order chi connectivity index (χ0) is 38.6. The quantitative estimate of drug-likeness (QED) is 0.143. The minimum absolute atomic E-state index is 0.0637. The highest BCUT2D eigenvalue weighted by Crippen LogP contribution is 2.40. The average molecular weight is 771 g/mol. The number of aliphatic hydroxyl groups is 1. The summed E-state index contributed by atoms with van der Waals surface area (Å²) in [6.07, 6.45) is 3.89. The van der Waals surface area contributed by atoms with Crippen LogP contribution in [0.1, 0.15) is 36.8 Å². The number of rotatable bonds is 13. The zero-order valence-corrected chi connectivity index (χ0v) is 32.3. The molecule has 2 atom stereocenters. The first-order valence-electron chi connectivity index (χ1n) is 18.5. The number of ether oxygens (including phenoxy) is 4. The Hall–Kier alpha value is -4.79. The maximum atomic E-state index is 11.2. The normalized spacial score (nSPS) is 18.2. The monoisotopic (exact) mass is 770 g/mol. The summed E-state index contributed by atoms with van der Waals surface area (Å²) in [5, 5.41) is 25.9. The van der Waals surface area contributed by atoms with Crippen molar-refractivity contribution in [2.24, 2.45) is 5.92 Å². The Balaban J connectivity index is 1.16. The molecule has 0 amide bonds. The average Bonchev–Trinajstić information content (AvgIpc) is 3.63. The van der Waals surface area contributed by atoms with E-state index in [0.29, 0.717) is 60.3 Å². The van der Waals surface area contributed by atoms with Crippen LogP contribution in [0.4, 0.5) is 0 Å². The fraction of sp³-hybridized carbons (Fsp3) is 0.415. The number of carboxylic acid groups (broad SMARTS) is 1. The van der Waals surface area contributed by atoms with E-state index in [0.717, 1.165) is 71.1 Å². The van der Waals surface area contributed by atoms with Crippen LogP contribution in [-0.2, 0) is 22.6 Å². The summed E-state index contributed by atoms with van der Waals surface area (Å²) < 4.78 is 24.6. The summed E-state index contributed by atoms with van der Waals surface area (Å²) in [6, 6.07) is 17.7. The van der Waals surface area contributed by atoms with E-state index in [2.05, 4.69) is 9.80 Å². The highest BCUT2D eigenvalue weighted by Gasteiger charge is 2.29.